The van der Waals surface area contributed by atoms with Crippen molar-refractivity contribution in [1.82, 2.24) is 13.7 Å². The number of nitrogens with zero attached hydrogens (tertiary/aromatic N) is 3. The van der Waals surface area contributed by atoms with E-state index in [2.05, 4.69) is 461 Å². The minimum absolute atomic E-state index is 0.0201. The third kappa shape index (κ3) is 17.1. The van der Waals surface area contributed by atoms with E-state index in [1.54, 1.807) is 6.92 Å². The average molecular weight is 1630 g/mol. The summed E-state index contributed by atoms with van der Waals surface area (Å²) in [5.41, 5.74) is 33.9. The number of benzene rings is 14. The fraction of sp³-hybridized carbons (Fsp3) is 0.306. The number of para-hydroxylation sites is 3. The molecule has 0 aliphatic carbocycles. The number of hydrogen-bond donors (Lipinski definition) is 0. The van der Waals surface area contributed by atoms with E-state index in [-0.39, 0.29) is 67.5 Å². The monoisotopic (exact) mass is 1630 g/mol. The highest BCUT2D eigenvalue weighted by Gasteiger charge is 2.34. The topological polar surface area (TPSA) is 14.8 Å². The Hall–Kier alpha value is -11.5. The van der Waals surface area contributed by atoms with Crippen molar-refractivity contribution >= 4 is 65.4 Å². The van der Waals surface area contributed by atoms with E-state index in [0.717, 1.165) is 44.2 Å². The second-order valence-electron chi connectivity index (χ2n) is 44.1. The molecule has 0 fully saturated rings. The molecule has 0 unspecified atom stereocenters. The second kappa shape index (κ2) is 32.2. The maximum atomic E-state index is 9.14. The summed E-state index contributed by atoms with van der Waals surface area (Å²) in [6.07, 6.45) is 0. The van der Waals surface area contributed by atoms with E-state index in [0.29, 0.717) is 11.1 Å². The first-order valence-corrected chi connectivity index (χ1v) is 44.9. The van der Waals surface area contributed by atoms with Gasteiger partial charge in [-0.05, 0) is 234 Å². The summed E-state index contributed by atoms with van der Waals surface area (Å²) in [4.78, 5) is 0. The van der Waals surface area contributed by atoms with Gasteiger partial charge in [-0.15, -0.1) is 0 Å². The highest BCUT2D eigenvalue weighted by Crippen LogP contribution is 2.52. The quantitative estimate of drug-likeness (QED) is 0.144. The maximum absolute atomic E-state index is 9.14. The zero-order chi connectivity index (χ0) is 92.6. The fourth-order valence-electron chi connectivity index (χ4n) is 18.5. The number of fused-ring (bicyclic) bond motifs is 9. The second-order valence-corrected chi connectivity index (χ2v) is 44.1. The van der Waals surface area contributed by atoms with Gasteiger partial charge in [0.25, 0.3) is 0 Å². The molecule has 0 atom stereocenters. The lowest BCUT2D eigenvalue weighted by Crippen LogP contribution is -2.16. The zero-order valence-electron chi connectivity index (χ0n) is 83.3. The van der Waals surface area contributed by atoms with Crippen molar-refractivity contribution in [3.8, 4) is 72.7 Å². The molecule has 3 heterocycles. The molecule has 0 aliphatic rings. The lowest BCUT2D eigenvalue weighted by atomic mass is 9.77. The summed E-state index contributed by atoms with van der Waals surface area (Å²) < 4.78 is 42.5. The van der Waals surface area contributed by atoms with Gasteiger partial charge in [0.2, 0.25) is 0 Å². The van der Waals surface area contributed by atoms with Crippen molar-refractivity contribution in [1.29, 1.82) is 0 Å². The van der Waals surface area contributed by atoms with Crippen molar-refractivity contribution in [2.24, 2.45) is 0 Å². The average Bonchev–Trinajstić information content (AvgIpc) is 1.55. The number of rotatable bonds is 8. The first-order valence-electron chi connectivity index (χ1n) is 46.9. The number of hydrogen-bond acceptors (Lipinski definition) is 0. The predicted molar refractivity (Wildman–Crippen MR) is 543 cm³/mol. The maximum Gasteiger partial charge on any atom is 0.0632 e. The molecule has 0 saturated heterocycles. The van der Waals surface area contributed by atoms with Crippen LogP contribution >= 0.6 is 0 Å². The van der Waals surface area contributed by atoms with Crippen LogP contribution in [0.5, 0.6) is 0 Å². The molecular formula is C121H133N3. The first-order chi connectivity index (χ1) is 59.8. The standard InChI is InChI=1S/C43H47N.C42H45N.C36H41N/c1-28-16-14-17-29(24-28)35-22-23-37-39(40(35)43(8,9)10)38-34(20-15-21-36(38)44(37)33-18-12-11-13-19-33)30-25-31(41(2,3)4)27-32(26-30)42(5,6)7;1-40(2,3)30-25-29(26-31(27-30)41(4,5)6)33-21-16-22-35-37(33)38-36(43(35)32-19-14-11-15-20-32)24-23-34(39(38)42(7,8)9)28-17-12-10-13-18-28;1-34(2,3)25-21-24(22-26(23-25)35(4,5)6)28-17-13-19-30-32(28)33-29(36(7,8)9)18-14-20-31(33)37(30)27-15-11-10-12-16-27/h11-27H,1-10H3;10-27H,1-9H3;10-23H,1-9H3/i14D,16D,17D,24D;;. The Bertz CT molecular complexity index is 6980. The van der Waals surface area contributed by atoms with Crippen molar-refractivity contribution in [3.63, 3.8) is 0 Å². The Labute approximate surface area is 747 Å². The van der Waals surface area contributed by atoms with Crippen molar-refractivity contribution < 1.29 is 5.48 Å². The van der Waals surface area contributed by atoms with Crippen LogP contribution in [0.1, 0.15) is 248 Å². The first kappa shape index (κ1) is 82.1. The largest absolute Gasteiger partial charge is 0.309 e. The molecule has 17 aromatic rings. The predicted octanol–water partition coefficient (Wildman–Crippen LogP) is 34.7. The van der Waals surface area contributed by atoms with Crippen molar-refractivity contribution in [3.05, 3.63) is 353 Å². The Balaban J connectivity index is 0.000000149. The van der Waals surface area contributed by atoms with Crippen LogP contribution in [0.25, 0.3) is 138 Å². The molecule has 0 N–H and O–H groups in total. The van der Waals surface area contributed by atoms with E-state index < -0.39 is 5.41 Å². The van der Waals surface area contributed by atoms with Gasteiger partial charge in [-0.1, -0.05) is 417 Å². The van der Waals surface area contributed by atoms with Crippen LogP contribution in [-0.2, 0) is 48.7 Å². The number of aromatic nitrogens is 3. The molecule has 3 aromatic heterocycles. The summed E-state index contributed by atoms with van der Waals surface area (Å²) in [6, 6.07) is 100. The fourth-order valence-corrected chi connectivity index (χ4v) is 18.5. The Morgan fingerprint density at radius 2 is 0.484 bits per heavy atom. The summed E-state index contributed by atoms with van der Waals surface area (Å²) in [5, 5.41) is 7.61. The van der Waals surface area contributed by atoms with E-state index in [1.807, 2.05) is 12.1 Å². The zero-order valence-corrected chi connectivity index (χ0v) is 79.3. The van der Waals surface area contributed by atoms with E-state index in [1.165, 1.54) is 138 Å². The molecule has 0 radical (unpaired) electrons. The van der Waals surface area contributed by atoms with Crippen LogP contribution in [0.2, 0.25) is 0 Å². The Morgan fingerprint density at radius 1 is 0.210 bits per heavy atom. The van der Waals surface area contributed by atoms with Gasteiger partial charge in [0, 0.05) is 49.4 Å². The van der Waals surface area contributed by atoms with Gasteiger partial charge in [-0.3, -0.25) is 0 Å². The summed E-state index contributed by atoms with van der Waals surface area (Å²) in [6.45, 7) is 63.8. The summed E-state index contributed by atoms with van der Waals surface area (Å²) in [5.74, 6) is 0. The Kier molecular flexibility index (Phi) is 21.3. The molecule has 0 spiro atoms. The molecule has 17 rings (SSSR count). The van der Waals surface area contributed by atoms with Gasteiger partial charge < -0.3 is 13.7 Å². The molecule has 0 bridgehead atoms. The van der Waals surface area contributed by atoms with Gasteiger partial charge in [0.1, 0.15) is 0 Å². The van der Waals surface area contributed by atoms with Crippen LogP contribution < -0.4 is 0 Å². The van der Waals surface area contributed by atoms with Gasteiger partial charge in [0.15, 0.2) is 0 Å². The molecule has 14 aromatic carbocycles. The van der Waals surface area contributed by atoms with Gasteiger partial charge in [-0.2, -0.15) is 0 Å². The third-order valence-corrected chi connectivity index (χ3v) is 25.1. The minimum Gasteiger partial charge on any atom is -0.309 e. The molecule has 3 nitrogen and oxygen atoms in total. The third-order valence-electron chi connectivity index (χ3n) is 25.1. The minimum atomic E-state index is -0.393. The van der Waals surface area contributed by atoms with E-state index in [9.17, 15) is 0 Å². The highest BCUT2D eigenvalue weighted by molar-refractivity contribution is 6.21. The van der Waals surface area contributed by atoms with Crippen LogP contribution in [0, 0.1) is 6.92 Å². The van der Waals surface area contributed by atoms with E-state index >= 15 is 0 Å². The van der Waals surface area contributed by atoms with Crippen LogP contribution in [-0.4, -0.2) is 13.7 Å². The van der Waals surface area contributed by atoms with E-state index in [4.69, 9.17) is 5.48 Å². The lowest BCUT2D eigenvalue weighted by Gasteiger charge is -2.27. The van der Waals surface area contributed by atoms with Gasteiger partial charge in [0.05, 0.1) is 38.6 Å². The molecule has 0 saturated carbocycles. The molecule has 3 heteroatoms. The molecule has 0 amide bonds. The molecule has 0 aliphatic heterocycles. The van der Waals surface area contributed by atoms with Crippen LogP contribution in [0.3, 0.4) is 0 Å². The van der Waals surface area contributed by atoms with Crippen LogP contribution in [0.15, 0.2) is 297 Å². The Morgan fingerprint density at radius 3 is 0.782 bits per heavy atom. The van der Waals surface area contributed by atoms with Crippen LogP contribution in [0.4, 0.5) is 0 Å². The lowest BCUT2D eigenvalue weighted by molar-refractivity contribution is 0.568. The van der Waals surface area contributed by atoms with Crippen molar-refractivity contribution in [2.45, 2.75) is 243 Å². The smallest absolute Gasteiger partial charge is 0.0632 e. The summed E-state index contributed by atoms with van der Waals surface area (Å²) >= 11 is 0. The normalized spacial score (nSPS) is 13.3. The SMILES string of the molecule is CC(C)(C)c1cc(-c2cccc3c2c2c(C(C)(C)C)c(-c4ccccc4)ccc2n3-c2ccccc2)cc(C(C)(C)C)c1.CC(C)(C)c1cc(-c2cccc3c2c2c(C(C)(C)C)cccc2n3-c2ccccc2)cc(C(C)(C)C)c1.[2H]c1c([2H])c(C)c([2H])c(-c2ccc3c(c2C(C)(C)C)c2c(-c4cc(C(C)(C)C)cc(C(C)(C)C)c4)cccc2n3-c2ccccc2)c1[2H]. The summed E-state index contributed by atoms with van der Waals surface area (Å²) in [7, 11) is 0. The highest BCUT2D eigenvalue weighted by atomic mass is 15.0. The van der Waals surface area contributed by atoms with Gasteiger partial charge in [-0.25, -0.2) is 0 Å². The van der Waals surface area contributed by atoms with Crippen molar-refractivity contribution in [2.75, 3.05) is 0 Å². The molecule has 124 heavy (non-hydrogen) atoms. The molecule has 632 valence electrons. The van der Waals surface area contributed by atoms with Gasteiger partial charge >= 0.3 is 0 Å². The molecular weight excluding hydrogens is 1500 g/mol.